The highest BCUT2D eigenvalue weighted by molar-refractivity contribution is 4.47. The van der Waals surface area contributed by atoms with Crippen molar-refractivity contribution >= 4 is 0 Å². The number of hydrogen-bond acceptors (Lipinski definition) is 2. The molecule has 0 spiro atoms. The summed E-state index contributed by atoms with van der Waals surface area (Å²) in [7, 11) is 6.25. The first kappa shape index (κ1) is 11.2. The number of nitrogens with zero attached hydrogens (tertiary/aromatic N) is 4. The van der Waals surface area contributed by atoms with Crippen molar-refractivity contribution in [2.75, 3.05) is 34.3 Å². The summed E-state index contributed by atoms with van der Waals surface area (Å²) in [5, 5.41) is 3.40. The van der Waals surface area contributed by atoms with Crippen LogP contribution in [0.25, 0.3) is 10.4 Å². The van der Waals surface area contributed by atoms with Gasteiger partial charge in [-0.15, -0.1) is 0 Å². The first-order chi connectivity index (χ1) is 5.45. The van der Waals surface area contributed by atoms with Gasteiger partial charge in [0.15, 0.2) is 0 Å². The summed E-state index contributed by atoms with van der Waals surface area (Å²) in [5.74, 6) is 0. The van der Waals surface area contributed by atoms with E-state index in [1.807, 2.05) is 0 Å². The largest absolute Gasteiger partial charge is 0.367 e. The molecule has 0 aromatic heterocycles. The van der Waals surface area contributed by atoms with Gasteiger partial charge in [0.1, 0.15) is 12.8 Å². The highest BCUT2D eigenvalue weighted by atomic mass is 16.5. The molecule has 70 valence electrons. The predicted octanol–water partition coefficient (Wildman–Crippen LogP) is 1.37. The maximum absolute atomic E-state index is 8.07. The first-order valence-electron chi connectivity index (χ1n) is 3.92. The third kappa shape index (κ3) is 7.34. The molecule has 1 atom stereocenters. The molecule has 0 saturated heterocycles. The molecular weight excluding hydrogens is 156 g/mol. The van der Waals surface area contributed by atoms with E-state index in [-0.39, 0.29) is 6.23 Å². The fourth-order valence-electron chi connectivity index (χ4n) is 0.603. The van der Waals surface area contributed by atoms with Crippen LogP contribution in [0.5, 0.6) is 0 Å². The predicted molar refractivity (Wildman–Crippen MR) is 47.5 cm³/mol. The summed E-state index contributed by atoms with van der Waals surface area (Å²) >= 11 is 0. The van der Waals surface area contributed by atoms with Crippen molar-refractivity contribution in [1.29, 1.82) is 0 Å². The summed E-state index contributed by atoms with van der Waals surface area (Å²) in [5.41, 5.74) is 8.07. The molecule has 12 heavy (non-hydrogen) atoms. The lowest BCUT2D eigenvalue weighted by atomic mass is 10.5. The molecule has 0 N–H and O–H groups in total. The number of ether oxygens (including phenoxy) is 1. The van der Waals surface area contributed by atoms with Crippen LogP contribution in [0.4, 0.5) is 0 Å². The highest BCUT2D eigenvalue weighted by Crippen LogP contribution is 1.95. The van der Waals surface area contributed by atoms with Gasteiger partial charge in [0.25, 0.3) is 0 Å². The van der Waals surface area contributed by atoms with Crippen molar-refractivity contribution in [2.24, 2.45) is 5.11 Å². The summed E-state index contributed by atoms with van der Waals surface area (Å²) in [6.45, 7) is 3.25. The second-order valence-corrected chi connectivity index (χ2v) is 3.69. The number of quaternary nitrogens is 1. The van der Waals surface area contributed by atoms with Gasteiger partial charge < -0.3 is 9.22 Å². The van der Waals surface area contributed by atoms with Crippen molar-refractivity contribution in [1.82, 2.24) is 0 Å². The maximum atomic E-state index is 8.07. The molecule has 0 radical (unpaired) electrons. The molecule has 1 unspecified atom stereocenters. The highest BCUT2D eigenvalue weighted by Gasteiger charge is 2.07. The third-order valence-corrected chi connectivity index (χ3v) is 1.34. The molecule has 0 saturated carbocycles. The average Bonchev–Trinajstić information content (AvgIpc) is 1.84. The lowest BCUT2D eigenvalue weighted by Gasteiger charge is -2.23. The van der Waals surface area contributed by atoms with Gasteiger partial charge in [-0.1, -0.05) is 5.11 Å². The quantitative estimate of drug-likeness (QED) is 0.268. The van der Waals surface area contributed by atoms with Crippen molar-refractivity contribution < 1.29 is 9.22 Å². The van der Waals surface area contributed by atoms with Crippen molar-refractivity contribution in [2.45, 2.75) is 13.2 Å². The molecule has 0 aromatic carbocycles. The van der Waals surface area contributed by atoms with Crippen LogP contribution in [0.15, 0.2) is 5.11 Å². The molecular formula is C7H17N4O+. The topological polar surface area (TPSA) is 58.0 Å². The minimum Gasteiger partial charge on any atom is -0.367 e. The van der Waals surface area contributed by atoms with Crippen LogP contribution in [-0.4, -0.2) is 45.0 Å². The van der Waals surface area contributed by atoms with Gasteiger partial charge in [-0.25, -0.2) is 0 Å². The van der Waals surface area contributed by atoms with Crippen LogP contribution < -0.4 is 0 Å². The Morgan fingerprint density at radius 3 is 2.50 bits per heavy atom. The molecule has 0 aliphatic heterocycles. The molecule has 0 heterocycles. The zero-order chi connectivity index (χ0) is 9.61. The second kappa shape index (κ2) is 4.98. The fourth-order valence-corrected chi connectivity index (χ4v) is 0.603. The number of likely N-dealkylation sites (N-methyl/N-ethyl adjacent to an activating group) is 1. The molecule has 5 heteroatoms. The van der Waals surface area contributed by atoms with Gasteiger partial charge in [0.2, 0.25) is 0 Å². The Labute approximate surface area is 73.1 Å². The Morgan fingerprint density at radius 1 is 1.50 bits per heavy atom. The SMILES string of the molecule is CC(N=[N+]=[N-])OCC[N+](C)(C)C. The van der Waals surface area contributed by atoms with E-state index in [1.165, 1.54) is 0 Å². The summed E-state index contributed by atoms with van der Waals surface area (Å²) in [4.78, 5) is 2.65. The molecule has 0 rings (SSSR count). The van der Waals surface area contributed by atoms with E-state index in [0.717, 1.165) is 11.0 Å². The van der Waals surface area contributed by atoms with E-state index in [0.29, 0.717) is 6.61 Å². The first-order valence-corrected chi connectivity index (χ1v) is 3.92. The molecule has 0 aromatic rings. The van der Waals surface area contributed by atoms with Crippen LogP contribution in [0, 0.1) is 0 Å². The van der Waals surface area contributed by atoms with E-state index in [2.05, 4.69) is 31.2 Å². The zero-order valence-corrected chi connectivity index (χ0v) is 8.19. The van der Waals surface area contributed by atoms with Gasteiger partial charge in [-0.2, -0.15) is 0 Å². The van der Waals surface area contributed by atoms with Crippen LogP contribution in [0.1, 0.15) is 6.92 Å². The van der Waals surface area contributed by atoms with Gasteiger partial charge in [-0.05, 0) is 12.5 Å². The molecule has 0 aliphatic carbocycles. The standard InChI is InChI=1S/C7H17N4O/c1-7(9-10-8)12-6-5-11(2,3)4/h7H,5-6H2,1-4H3/q+1. The number of rotatable bonds is 5. The molecule has 5 nitrogen and oxygen atoms in total. The Bertz CT molecular complexity index is 169. The van der Waals surface area contributed by atoms with Crippen LogP contribution in [0.3, 0.4) is 0 Å². The van der Waals surface area contributed by atoms with E-state index < -0.39 is 0 Å². The minimum absolute atomic E-state index is 0.360. The summed E-state index contributed by atoms with van der Waals surface area (Å²) in [6, 6.07) is 0. The maximum Gasteiger partial charge on any atom is 0.134 e. The minimum atomic E-state index is -0.360. The zero-order valence-electron chi connectivity index (χ0n) is 8.19. The number of hydrogen-bond donors (Lipinski definition) is 0. The van der Waals surface area contributed by atoms with Crippen LogP contribution in [-0.2, 0) is 4.74 Å². The molecule has 0 amide bonds. The van der Waals surface area contributed by atoms with Crippen molar-refractivity contribution in [3.05, 3.63) is 10.4 Å². The van der Waals surface area contributed by atoms with E-state index in [9.17, 15) is 0 Å². The Kier molecular flexibility index (Phi) is 4.66. The third-order valence-electron chi connectivity index (χ3n) is 1.34. The van der Waals surface area contributed by atoms with Crippen LogP contribution in [0.2, 0.25) is 0 Å². The lowest BCUT2D eigenvalue weighted by molar-refractivity contribution is -0.870. The van der Waals surface area contributed by atoms with Crippen molar-refractivity contribution in [3.63, 3.8) is 0 Å². The second-order valence-electron chi connectivity index (χ2n) is 3.69. The fraction of sp³-hybridized carbons (Fsp3) is 1.00. The average molecular weight is 173 g/mol. The van der Waals surface area contributed by atoms with E-state index in [4.69, 9.17) is 10.3 Å². The van der Waals surface area contributed by atoms with Gasteiger partial charge >= 0.3 is 0 Å². The normalized spacial score (nSPS) is 13.7. The molecule has 0 aliphatic rings. The Hall–Kier alpha value is -0.770. The van der Waals surface area contributed by atoms with Gasteiger partial charge in [0, 0.05) is 4.91 Å². The Balaban J connectivity index is 3.50. The monoisotopic (exact) mass is 173 g/mol. The van der Waals surface area contributed by atoms with Crippen LogP contribution >= 0.6 is 0 Å². The summed E-state index contributed by atoms with van der Waals surface area (Å²) in [6.07, 6.45) is -0.360. The summed E-state index contributed by atoms with van der Waals surface area (Å²) < 4.78 is 6.07. The Morgan fingerprint density at radius 2 is 2.08 bits per heavy atom. The van der Waals surface area contributed by atoms with E-state index in [1.54, 1.807) is 6.92 Å². The van der Waals surface area contributed by atoms with Gasteiger partial charge in [-0.3, -0.25) is 0 Å². The molecule has 0 fully saturated rings. The lowest BCUT2D eigenvalue weighted by Crippen LogP contribution is -2.38. The smallest absolute Gasteiger partial charge is 0.134 e. The van der Waals surface area contributed by atoms with Gasteiger partial charge in [0.05, 0.1) is 27.7 Å². The van der Waals surface area contributed by atoms with Crippen molar-refractivity contribution in [3.8, 4) is 0 Å². The van der Waals surface area contributed by atoms with E-state index >= 15 is 0 Å². The molecule has 0 bridgehead atoms. The number of azide groups is 1.